The van der Waals surface area contributed by atoms with E-state index in [0.717, 1.165) is 0 Å². The molecule has 1 aromatic carbocycles. The summed E-state index contributed by atoms with van der Waals surface area (Å²) < 4.78 is 9.70. The molecule has 0 unspecified atom stereocenters. The Bertz CT molecular complexity index is 392. The number of hydrogen-bond donors (Lipinski definition) is 0. The monoisotopic (exact) mass is 219 g/mol. The van der Waals surface area contributed by atoms with Crippen molar-refractivity contribution in [3.8, 4) is 11.8 Å². The highest BCUT2D eigenvalue weighted by molar-refractivity contribution is 5.63. The molecule has 0 aliphatic rings. The maximum Gasteiger partial charge on any atom is 0.513 e. The lowest BCUT2D eigenvalue weighted by Gasteiger charge is -2.14. The quantitative estimate of drug-likeness (QED) is 0.579. The van der Waals surface area contributed by atoms with Gasteiger partial charge in [0.15, 0.2) is 0 Å². The van der Waals surface area contributed by atoms with E-state index < -0.39 is 11.6 Å². The summed E-state index contributed by atoms with van der Waals surface area (Å²) in [5.74, 6) is 0.419. The number of para-hydroxylation sites is 1. The molecule has 0 saturated carbocycles. The van der Waals surface area contributed by atoms with Crippen molar-refractivity contribution in [3.63, 3.8) is 0 Å². The SMILES string of the molecule is CC(C)(C#N)COC(=O)Oc1ccccc1. The van der Waals surface area contributed by atoms with Crippen molar-refractivity contribution in [1.29, 1.82) is 5.26 Å². The van der Waals surface area contributed by atoms with Crippen LogP contribution in [0.4, 0.5) is 4.79 Å². The molecular formula is C12H13NO3. The van der Waals surface area contributed by atoms with E-state index in [2.05, 4.69) is 0 Å². The van der Waals surface area contributed by atoms with E-state index in [0.29, 0.717) is 5.75 Å². The molecule has 16 heavy (non-hydrogen) atoms. The Kier molecular flexibility index (Phi) is 3.90. The maximum atomic E-state index is 11.2. The van der Waals surface area contributed by atoms with E-state index in [-0.39, 0.29) is 6.61 Å². The van der Waals surface area contributed by atoms with Crippen LogP contribution in [0.25, 0.3) is 0 Å². The van der Waals surface area contributed by atoms with Gasteiger partial charge in [0.25, 0.3) is 0 Å². The van der Waals surface area contributed by atoms with Gasteiger partial charge in [-0.3, -0.25) is 0 Å². The summed E-state index contributed by atoms with van der Waals surface area (Å²) in [5.41, 5.74) is -0.699. The molecule has 0 N–H and O–H groups in total. The molecule has 0 atom stereocenters. The van der Waals surface area contributed by atoms with Gasteiger partial charge in [0, 0.05) is 0 Å². The number of carbonyl (C=O) groups excluding carboxylic acids is 1. The fourth-order valence-corrected chi connectivity index (χ4v) is 0.886. The third kappa shape index (κ3) is 4.01. The first kappa shape index (κ1) is 12.1. The molecule has 0 radical (unpaired) electrons. The maximum absolute atomic E-state index is 11.2. The molecule has 0 bridgehead atoms. The second-order valence-electron chi connectivity index (χ2n) is 3.95. The molecule has 0 aliphatic carbocycles. The third-order valence-corrected chi connectivity index (χ3v) is 1.80. The van der Waals surface area contributed by atoms with Gasteiger partial charge >= 0.3 is 6.16 Å². The zero-order valence-electron chi connectivity index (χ0n) is 9.27. The van der Waals surface area contributed by atoms with Crippen LogP contribution in [-0.4, -0.2) is 12.8 Å². The summed E-state index contributed by atoms with van der Waals surface area (Å²) in [5, 5.41) is 8.71. The molecule has 4 heteroatoms. The number of nitrogens with zero attached hydrogens (tertiary/aromatic N) is 1. The van der Waals surface area contributed by atoms with Crippen molar-refractivity contribution >= 4 is 6.16 Å². The topological polar surface area (TPSA) is 59.3 Å². The number of carbonyl (C=O) groups is 1. The van der Waals surface area contributed by atoms with Crippen LogP contribution < -0.4 is 4.74 Å². The predicted molar refractivity (Wildman–Crippen MR) is 57.8 cm³/mol. The van der Waals surface area contributed by atoms with Crippen molar-refractivity contribution in [2.24, 2.45) is 5.41 Å². The highest BCUT2D eigenvalue weighted by Gasteiger charge is 2.20. The van der Waals surface area contributed by atoms with Crippen LogP contribution in [0.15, 0.2) is 30.3 Å². The van der Waals surface area contributed by atoms with Crippen LogP contribution in [0.1, 0.15) is 13.8 Å². The van der Waals surface area contributed by atoms with Crippen LogP contribution in [0.3, 0.4) is 0 Å². The lowest BCUT2D eigenvalue weighted by atomic mass is 9.98. The average molecular weight is 219 g/mol. The smallest absolute Gasteiger partial charge is 0.432 e. The molecule has 0 heterocycles. The van der Waals surface area contributed by atoms with Gasteiger partial charge in [0.05, 0.1) is 11.5 Å². The van der Waals surface area contributed by atoms with Gasteiger partial charge in [-0.15, -0.1) is 0 Å². The molecule has 0 spiro atoms. The van der Waals surface area contributed by atoms with Gasteiger partial charge in [0.2, 0.25) is 0 Å². The van der Waals surface area contributed by atoms with E-state index in [1.165, 1.54) is 0 Å². The van der Waals surface area contributed by atoms with Crippen molar-refractivity contribution < 1.29 is 14.3 Å². The second-order valence-corrected chi connectivity index (χ2v) is 3.95. The van der Waals surface area contributed by atoms with E-state index in [1.807, 2.05) is 12.1 Å². The number of hydrogen-bond acceptors (Lipinski definition) is 4. The van der Waals surface area contributed by atoms with E-state index in [1.54, 1.807) is 38.1 Å². The van der Waals surface area contributed by atoms with Gasteiger partial charge in [-0.1, -0.05) is 18.2 Å². The van der Waals surface area contributed by atoms with E-state index in [9.17, 15) is 4.79 Å². The number of nitriles is 1. The fraction of sp³-hybridized carbons (Fsp3) is 0.333. The number of ether oxygens (including phenoxy) is 2. The molecule has 0 amide bonds. The summed E-state index contributed by atoms with van der Waals surface area (Å²) in [4.78, 5) is 11.2. The molecule has 4 nitrogen and oxygen atoms in total. The minimum atomic E-state index is -0.797. The second kappa shape index (κ2) is 5.17. The van der Waals surface area contributed by atoms with Crippen LogP contribution >= 0.6 is 0 Å². The normalized spacial score (nSPS) is 10.3. The van der Waals surface area contributed by atoms with Crippen LogP contribution in [0, 0.1) is 16.7 Å². The Balaban J connectivity index is 2.41. The summed E-state index contributed by atoms with van der Waals surface area (Å²) in [7, 11) is 0. The first-order valence-electron chi connectivity index (χ1n) is 4.84. The van der Waals surface area contributed by atoms with E-state index >= 15 is 0 Å². The van der Waals surface area contributed by atoms with Crippen molar-refractivity contribution in [2.75, 3.05) is 6.61 Å². The average Bonchev–Trinajstić information content (AvgIpc) is 2.28. The minimum absolute atomic E-state index is 0.00909. The third-order valence-electron chi connectivity index (χ3n) is 1.80. The van der Waals surface area contributed by atoms with Crippen molar-refractivity contribution in [2.45, 2.75) is 13.8 Å². The largest absolute Gasteiger partial charge is 0.513 e. The van der Waals surface area contributed by atoms with Gasteiger partial charge < -0.3 is 9.47 Å². The summed E-state index contributed by atoms with van der Waals surface area (Å²) >= 11 is 0. The Morgan fingerprint density at radius 3 is 2.56 bits per heavy atom. The molecule has 1 rings (SSSR count). The van der Waals surface area contributed by atoms with Gasteiger partial charge in [-0.05, 0) is 26.0 Å². The fourth-order valence-electron chi connectivity index (χ4n) is 0.886. The molecule has 0 aromatic heterocycles. The lowest BCUT2D eigenvalue weighted by molar-refractivity contribution is 0.0770. The Morgan fingerprint density at radius 1 is 1.38 bits per heavy atom. The van der Waals surface area contributed by atoms with Crippen LogP contribution in [0.2, 0.25) is 0 Å². The van der Waals surface area contributed by atoms with Crippen LogP contribution in [-0.2, 0) is 4.74 Å². The van der Waals surface area contributed by atoms with E-state index in [4.69, 9.17) is 14.7 Å². The highest BCUT2D eigenvalue weighted by Crippen LogP contribution is 2.14. The van der Waals surface area contributed by atoms with Gasteiger partial charge in [-0.25, -0.2) is 4.79 Å². The predicted octanol–water partition coefficient (Wildman–Crippen LogP) is 2.75. The summed E-state index contributed by atoms with van der Waals surface area (Å²) in [6, 6.07) is 10.6. The Morgan fingerprint density at radius 2 is 2.00 bits per heavy atom. The molecule has 84 valence electrons. The molecule has 0 saturated heterocycles. The number of benzene rings is 1. The number of rotatable bonds is 3. The molecule has 0 aliphatic heterocycles. The molecule has 0 fully saturated rings. The first-order valence-corrected chi connectivity index (χ1v) is 4.84. The van der Waals surface area contributed by atoms with Crippen molar-refractivity contribution in [1.82, 2.24) is 0 Å². The molecule has 1 aromatic rings. The first-order chi connectivity index (χ1) is 7.53. The summed E-state index contributed by atoms with van der Waals surface area (Å²) in [6.45, 7) is 3.38. The standard InChI is InChI=1S/C12H13NO3/c1-12(2,8-13)9-15-11(14)16-10-6-4-3-5-7-10/h3-7H,9H2,1-2H3. The molecular weight excluding hydrogens is 206 g/mol. The van der Waals surface area contributed by atoms with Crippen molar-refractivity contribution in [3.05, 3.63) is 30.3 Å². The Hall–Kier alpha value is -2.02. The zero-order valence-corrected chi connectivity index (χ0v) is 9.27. The zero-order chi connectivity index (χ0) is 12.0. The van der Waals surface area contributed by atoms with Gasteiger partial charge in [-0.2, -0.15) is 5.26 Å². The van der Waals surface area contributed by atoms with Crippen LogP contribution in [0.5, 0.6) is 5.75 Å². The Labute approximate surface area is 94.4 Å². The highest BCUT2D eigenvalue weighted by atomic mass is 16.7. The lowest BCUT2D eigenvalue weighted by Crippen LogP contribution is -2.21. The summed E-state index contributed by atoms with van der Waals surface area (Å²) in [6.07, 6.45) is -0.797. The van der Waals surface area contributed by atoms with Gasteiger partial charge in [0.1, 0.15) is 12.4 Å². The minimum Gasteiger partial charge on any atom is -0.432 e.